The van der Waals surface area contributed by atoms with Gasteiger partial charge in [-0.05, 0) is 20.3 Å². The minimum absolute atomic E-state index is 0.00151. The van der Waals surface area contributed by atoms with Crippen LogP contribution in [-0.2, 0) is 23.9 Å². The molecule has 0 amide bonds. The number of halogens is 4. The van der Waals surface area contributed by atoms with Gasteiger partial charge in [-0.1, -0.05) is 13.5 Å². The van der Waals surface area contributed by atoms with Gasteiger partial charge >= 0.3 is 17.9 Å². The molecule has 1 unspecified atom stereocenters. The minimum atomic E-state index is -3.69. The Kier molecular flexibility index (Phi) is 8.79. The largest absolute Gasteiger partial charge is 0.457 e. The Balaban J connectivity index is 4.77. The highest BCUT2D eigenvalue weighted by molar-refractivity contribution is 5.87. The quantitative estimate of drug-likeness (QED) is 0.316. The van der Waals surface area contributed by atoms with Gasteiger partial charge in [0.15, 0.2) is 0 Å². The van der Waals surface area contributed by atoms with Crippen molar-refractivity contribution in [3.05, 3.63) is 12.2 Å². The molecule has 0 saturated heterocycles. The normalized spacial score (nSPS) is 13.1. The van der Waals surface area contributed by atoms with Crippen molar-refractivity contribution < 1.29 is 41.4 Å². The van der Waals surface area contributed by atoms with E-state index in [2.05, 4.69) is 11.3 Å². The molecule has 0 rings (SSSR count). The third kappa shape index (κ3) is 9.83. The molecule has 0 bridgehead atoms. The van der Waals surface area contributed by atoms with Crippen molar-refractivity contribution >= 4 is 17.7 Å². The third-order valence-corrected chi connectivity index (χ3v) is 3.02. The van der Waals surface area contributed by atoms with Crippen molar-refractivity contribution in [3.8, 4) is 0 Å². The van der Waals surface area contributed by atoms with Gasteiger partial charge in [-0.25, -0.2) is 18.4 Å². The van der Waals surface area contributed by atoms with Gasteiger partial charge in [0.1, 0.15) is 18.5 Å². The number of carbonyl (C=O) groups excluding carboxylic acids is 3. The summed E-state index contributed by atoms with van der Waals surface area (Å²) in [6.45, 7) is 5.61. The predicted octanol–water partition coefficient (Wildman–Crippen LogP) is 3.46. The molecule has 0 heterocycles. The van der Waals surface area contributed by atoms with Crippen molar-refractivity contribution in [2.75, 3.05) is 6.61 Å². The number of carbonyl (C=O) groups is 3. The van der Waals surface area contributed by atoms with Gasteiger partial charge in [-0.3, -0.25) is 4.79 Å². The van der Waals surface area contributed by atoms with Crippen LogP contribution in [0.3, 0.4) is 0 Å². The lowest BCUT2D eigenvalue weighted by atomic mass is 10.1. The second-order valence-electron chi connectivity index (χ2n) is 5.79. The number of esters is 2. The van der Waals surface area contributed by atoms with E-state index >= 15 is 0 Å². The van der Waals surface area contributed by atoms with Crippen LogP contribution in [0, 0.1) is 0 Å². The zero-order chi connectivity index (χ0) is 19.8. The summed E-state index contributed by atoms with van der Waals surface area (Å²) in [6, 6.07) is 0. The Morgan fingerprint density at radius 3 is 2.16 bits per heavy atom. The van der Waals surface area contributed by atoms with Gasteiger partial charge in [0.25, 0.3) is 5.92 Å². The van der Waals surface area contributed by atoms with E-state index in [1.54, 1.807) is 0 Å². The molecule has 0 aliphatic rings. The van der Waals surface area contributed by atoms with E-state index in [-0.39, 0.29) is 18.4 Å². The highest BCUT2D eigenvalue weighted by Crippen LogP contribution is 2.21. The summed E-state index contributed by atoms with van der Waals surface area (Å²) in [7, 11) is 0. The molecule has 9 heteroatoms. The molecule has 0 fully saturated rings. The smallest absolute Gasteiger partial charge is 0.377 e. The SMILES string of the molecule is C=C(C)C(=O)OC(CCC(=O)CC(C)(F)F)COC(=O)C(F)(F)CC. The maximum absolute atomic E-state index is 13.2. The van der Waals surface area contributed by atoms with Gasteiger partial charge in [0.2, 0.25) is 0 Å². The first-order chi connectivity index (χ1) is 11.3. The Morgan fingerprint density at radius 2 is 1.72 bits per heavy atom. The molecule has 0 radical (unpaired) electrons. The van der Waals surface area contributed by atoms with E-state index in [0.717, 1.165) is 6.92 Å². The first-order valence-electron chi connectivity index (χ1n) is 7.59. The van der Waals surface area contributed by atoms with E-state index in [1.165, 1.54) is 6.92 Å². The second kappa shape index (κ2) is 9.53. The molecule has 1 atom stereocenters. The van der Waals surface area contributed by atoms with Crippen molar-refractivity contribution in [3.63, 3.8) is 0 Å². The van der Waals surface area contributed by atoms with Gasteiger partial charge in [-0.15, -0.1) is 0 Å². The summed E-state index contributed by atoms with van der Waals surface area (Å²) in [6.07, 6.45) is -3.64. The number of rotatable bonds is 11. The summed E-state index contributed by atoms with van der Waals surface area (Å²) >= 11 is 0. The molecule has 0 aromatic rings. The first kappa shape index (κ1) is 23.1. The van der Waals surface area contributed by atoms with Crippen LogP contribution in [0.25, 0.3) is 0 Å². The molecular formula is C16H22F4O5. The molecular weight excluding hydrogens is 348 g/mol. The van der Waals surface area contributed by atoms with Crippen LogP contribution < -0.4 is 0 Å². The summed E-state index contributed by atoms with van der Waals surface area (Å²) in [5.74, 6) is -10.3. The lowest BCUT2D eigenvalue weighted by molar-refractivity contribution is -0.178. The summed E-state index contributed by atoms with van der Waals surface area (Å²) in [5.41, 5.74) is 0.00151. The Bertz CT molecular complexity index is 511. The predicted molar refractivity (Wildman–Crippen MR) is 80.4 cm³/mol. The highest BCUT2D eigenvalue weighted by Gasteiger charge is 2.39. The van der Waals surface area contributed by atoms with E-state index in [1.807, 2.05) is 0 Å². The molecule has 0 N–H and O–H groups in total. The molecule has 0 aliphatic heterocycles. The van der Waals surface area contributed by atoms with E-state index in [0.29, 0.717) is 6.92 Å². The van der Waals surface area contributed by atoms with E-state index in [4.69, 9.17) is 4.74 Å². The van der Waals surface area contributed by atoms with Crippen molar-refractivity contribution in [2.24, 2.45) is 0 Å². The molecule has 0 aliphatic carbocycles. The minimum Gasteiger partial charge on any atom is -0.457 e. The van der Waals surface area contributed by atoms with Gasteiger partial charge in [0, 0.05) is 18.4 Å². The average molecular weight is 370 g/mol. The summed E-state index contributed by atoms with van der Waals surface area (Å²) in [5, 5.41) is 0. The molecule has 0 aromatic carbocycles. The van der Waals surface area contributed by atoms with Crippen LogP contribution in [0.1, 0.15) is 46.5 Å². The maximum Gasteiger partial charge on any atom is 0.377 e. The van der Waals surface area contributed by atoms with Crippen LogP contribution >= 0.6 is 0 Å². The molecule has 0 spiro atoms. The van der Waals surface area contributed by atoms with Crippen LogP contribution in [0.4, 0.5) is 17.6 Å². The summed E-state index contributed by atoms with van der Waals surface area (Å²) in [4.78, 5) is 34.2. The molecule has 144 valence electrons. The third-order valence-electron chi connectivity index (χ3n) is 3.02. The molecule has 0 aromatic heterocycles. The van der Waals surface area contributed by atoms with Crippen molar-refractivity contribution in [2.45, 2.75) is 64.4 Å². The van der Waals surface area contributed by atoms with Gasteiger partial charge in [-0.2, -0.15) is 8.78 Å². The number of alkyl halides is 4. The zero-order valence-corrected chi connectivity index (χ0v) is 14.4. The topological polar surface area (TPSA) is 69.7 Å². The molecule has 0 saturated carbocycles. The fourth-order valence-corrected chi connectivity index (χ4v) is 1.60. The Hall–Kier alpha value is -1.93. The maximum atomic E-state index is 13.2. The van der Waals surface area contributed by atoms with E-state index < -0.39 is 55.1 Å². The van der Waals surface area contributed by atoms with E-state index in [9.17, 15) is 31.9 Å². The highest BCUT2D eigenvalue weighted by atomic mass is 19.3. The summed E-state index contributed by atoms with van der Waals surface area (Å²) < 4.78 is 61.1. The zero-order valence-electron chi connectivity index (χ0n) is 14.4. The molecule has 5 nitrogen and oxygen atoms in total. The van der Waals surface area contributed by atoms with Crippen LogP contribution in [-0.4, -0.2) is 42.3 Å². The van der Waals surface area contributed by atoms with Crippen LogP contribution in [0.5, 0.6) is 0 Å². The number of ketones is 1. The molecule has 25 heavy (non-hydrogen) atoms. The fourth-order valence-electron chi connectivity index (χ4n) is 1.60. The van der Waals surface area contributed by atoms with Gasteiger partial charge in [0.05, 0.1) is 6.42 Å². The second-order valence-corrected chi connectivity index (χ2v) is 5.79. The van der Waals surface area contributed by atoms with Crippen LogP contribution in [0.2, 0.25) is 0 Å². The lowest BCUT2D eigenvalue weighted by Gasteiger charge is -2.20. The van der Waals surface area contributed by atoms with Crippen molar-refractivity contribution in [1.82, 2.24) is 0 Å². The lowest BCUT2D eigenvalue weighted by Crippen LogP contribution is -2.34. The van der Waals surface area contributed by atoms with Gasteiger partial charge < -0.3 is 9.47 Å². The number of hydrogen-bond donors (Lipinski definition) is 0. The van der Waals surface area contributed by atoms with Crippen LogP contribution in [0.15, 0.2) is 12.2 Å². The fraction of sp³-hybridized carbons (Fsp3) is 0.688. The Morgan fingerprint density at radius 1 is 1.16 bits per heavy atom. The first-order valence-corrected chi connectivity index (χ1v) is 7.59. The van der Waals surface area contributed by atoms with Crippen molar-refractivity contribution in [1.29, 1.82) is 0 Å². The monoisotopic (exact) mass is 370 g/mol. The average Bonchev–Trinajstić information content (AvgIpc) is 2.47. The Labute approximate surface area is 143 Å². The standard InChI is InChI=1S/C16H22F4O5/c1-5-16(19,20)14(23)24-9-12(25-13(22)10(2)3)7-6-11(21)8-15(4,17)18/h12H,2,5-9H2,1,3-4H3. The number of Topliss-reactive ketones (excluding diaryl/α,β-unsaturated/α-hetero) is 1. The number of ether oxygens (including phenoxy) is 2. The number of hydrogen-bond acceptors (Lipinski definition) is 5.